The largest absolute Gasteiger partial charge is 0.453 e. The van der Waals surface area contributed by atoms with Crippen molar-refractivity contribution >= 4 is 0 Å². The van der Waals surface area contributed by atoms with Crippen LogP contribution in [0, 0.1) is 11.6 Å². The normalized spacial score (nSPS) is 11.2. The molecule has 0 saturated heterocycles. The van der Waals surface area contributed by atoms with E-state index in [1.807, 2.05) is 24.3 Å². The molecule has 0 aliphatic heterocycles. The minimum absolute atomic E-state index is 0.170. The van der Waals surface area contributed by atoms with Crippen molar-refractivity contribution in [2.75, 3.05) is 0 Å². The first-order valence-corrected chi connectivity index (χ1v) is 11.7. The van der Waals surface area contributed by atoms with Crippen molar-refractivity contribution in [2.45, 2.75) is 25.9 Å². The van der Waals surface area contributed by atoms with Crippen LogP contribution in [0.1, 0.15) is 24.5 Å². The Morgan fingerprint density at radius 3 is 1.63 bits per heavy atom. The Labute approximate surface area is 215 Å². The summed E-state index contributed by atoms with van der Waals surface area (Å²) in [7, 11) is 0. The van der Waals surface area contributed by atoms with Crippen LogP contribution in [0.5, 0.6) is 11.5 Å². The molecule has 0 N–H and O–H groups in total. The van der Waals surface area contributed by atoms with Crippen molar-refractivity contribution in [3.63, 3.8) is 0 Å². The molecule has 0 radical (unpaired) electrons. The lowest BCUT2D eigenvalue weighted by Gasteiger charge is -2.19. The van der Waals surface area contributed by atoms with Gasteiger partial charge in [-0.05, 0) is 46.4 Å². The van der Waals surface area contributed by atoms with Gasteiger partial charge in [-0.1, -0.05) is 74.0 Å². The Morgan fingerprint density at radius 1 is 0.737 bits per heavy atom. The molecule has 38 heavy (non-hydrogen) atoms. The standard InChI is InChI=1S/C30H22F6O2/c1-2-3-19-4-6-20(7-5-19)21-8-10-22(11-9-21)23-12-14-24(15-13-23)30(35,36)38-25-16-26(31)29(27(32)17-25)37-18-28(33)34/h4-18H,2-3H2,1H3. The van der Waals surface area contributed by atoms with Gasteiger partial charge < -0.3 is 9.47 Å². The zero-order chi connectivity index (χ0) is 27.3. The van der Waals surface area contributed by atoms with Crippen LogP contribution >= 0.6 is 0 Å². The third kappa shape index (κ3) is 6.37. The zero-order valence-corrected chi connectivity index (χ0v) is 20.2. The summed E-state index contributed by atoms with van der Waals surface area (Å²) in [6.07, 6.45) is -4.33. The number of hydrogen-bond acceptors (Lipinski definition) is 2. The first kappa shape index (κ1) is 26.9. The zero-order valence-electron chi connectivity index (χ0n) is 20.2. The number of halogens is 6. The molecule has 0 fully saturated rings. The summed E-state index contributed by atoms with van der Waals surface area (Å²) >= 11 is 0. The van der Waals surface area contributed by atoms with Crippen LogP contribution in [0.15, 0.2) is 97.3 Å². The van der Waals surface area contributed by atoms with E-state index in [0.717, 1.165) is 41.7 Å². The Balaban J connectivity index is 1.47. The molecule has 0 atom stereocenters. The van der Waals surface area contributed by atoms with E-state index in [-0.39, 0.29) is 6.26 Å². The van der Waals surface area contributed by atoms with Crippen LogP contribution in [0.25, 0.3) is 22.3 Å². The van der Waals surface area contributed by atoms with Gasteiger partial charge in [0.15, 0.2) is 23.6 Å². The fourth-order valence-corrected chi connectivity index (χ4v) is 3.88. The quantitative estimate of drug-likeness (QED) is 0.159. The average Bonchev–Trinajstić information content (AvgIpc) is 2.89. The van der Waals surface area contributed by atoms with Gasteiger partial charge in [0.25, 0.3) is 0 Å². The molecule has 4 rings (SSSR count). The van der Waals surface area contributed by atoms with E-state index in [4.69, 9.17) is 0 Å². The summed E-state index contributed by atoms with van der Waals surface area (Å²) in [6.45, 7) is 2.13. The molecular weight excluding hydrogens is 506 g/mol. The summed E-state index contributed by atoms with van der Waals surface area (Å²) in [6, 6.07) is 22.1. The molecule has 0 spiro atoms. The second-order valence-electron chi connectivity index (χ2n) is 8.46. The lowest BCUT2D eigenvalue weighted by molar-refractivity contribution is -0.185. The van der Waals surface area contributed by atoms with Crippen LogP contribution in [0.3, 0.4) is 0 Å². The second kappa shape index (κ2) is 11.5. The molecule has 0 aliphatic rings. The summed E-state index contributed by atoms with van der Waals surface area (Å²) in [5.41, 5.74) is 4.32. The highest BCUT2D eigenvalue weighted by molar-refractivity contribution is 5.70. The minimum Gasteiger partial charge on any atom is -0.453 e. The highest BCUT2D eigenvalue weighted by Crippen LogP contribution is 2.36. The van der Waals surface area contributed by atoms with Gasteiger partial charge in [-0.15, -0.1) is 0 Å². The summed E-state index contributed by atoms with van der Waals surface area (Å²) in [5, 5.41) is 0. The monoisotopic (exact) mass is 528 g/mol. The van der Waals surface area contributed by atoms with Gasteiger partial charge in [0, 0.05) is 12.1 Å². The first-order valence-electron chi connectivity index (χ1n) is 11.7. The maximum atomic E-state index is 14.7. The third-order valence-corrected chi connectivity index (χ3v) is 5.75. The Kier molecular flexibility index (Phi) is 8.10. The number of hydrogen-bond donors (Lipinski definition) is 0. The van der Waals surface area contributed by atoms with Gasteiger partial charge in [-0.25, -0.2) is 8.78 Å². The lowest BCUT2D eigenvalue weighted by Crippen LogP contribution is -2.22. The van der Waals surface area contributed by atoms with Crippen LogP contribution in [0.4, 0.5) is 26.3 Å². The van der Waals surface area contributed by atoms with Crippen molar-refractivity contribution in [3.8, 4) is 33.8 Å². The smallest absolute Gasteiger partial charge is 0.426 e. The molecule has 0 unspecified atom stereocenters. The van der Waals surface area contributed by atoms with E-state index in [2.05, 4.69) is 40.7 Å². The predicted octanol–water partition coefficient (Wildman–Crippen LogP) is 9.50. The number of aryl methyl sites for hydroxylation is 1. The van der Waals surface area contributed by atoms with Crippen LogP contribution in [-0.4, -0.2) is 0 Å². The molecule has 196 valence electrons. The molecule has 0 heterocycles. The fourth-order valence-electron chi connectivity index (χ4n) is 3.88. The number of benzene rings is 4. The highest BCUT2D eigenvalue weighted by Gasteiger charge is 2.35. The van der Waals surface area contributed by atoms with E-state index in [1.54, 1.807) is 0 Å². The molecular formula is C30H22F6O2. The topological polar surface area (TPSA) is 18.5 Å². The fraction of sp³-hybridized carbons (Fsp3) is 0.133. The molecule has 2 nitrogen and oxygen atoms in total. The number of alkyl halides is 2. The van der Waals surface area contributed by atoms with Crippen molar-refractivity contribution < 1.29 is 35.8 Å². The number of ether oxygens (including phenoxy) is 2. The number of rotatable bonds is 9. The highest BCUT2D eigenvalue weighted by atomic mass is 19.3. The van der Waals surface area contributed by atoms with Gasteiger partial charge in [-0.3, -0.25) is 0 Å². The molecule has 0 bridgehead atoms. The summed E-state index contributed by atoms with van der Waals surface area (Å²) < 4.78 is 90.3. The van der Waals surface area contributed by atoms with Crippen molar-refractivity contribution in [1.82, 2.24) is 0 Å². The van der Waals surface area contributed by atoms with Crippen molar-refractivity contribution in [2.24, 2.45) is 0 Å². The summed E-state index contributed by atoms with van der Waals surface area (Å²) in [5.74, 6) is -4.98. The van der Waals surface area contributed by atoms with E-state index in [0.29, 0.717) is 17.7 Å². The molecule has 0 amide bonds. The minimum atomic E-state index is -3.93. The molecule has 4 aromatic rings. The van der Waals surface area contributed by atoms with Crippen LogP contribution < -0.4 is 9.47 Å². The van der Waals surface area contributed by atoms with E-state index in [1.165, 1.54) is 17.7 Å². The lowest BCUT2D eigenvalue weighted by atomic mass is 9.98. The molecule has 0 saturated carbocycles. The maximum Gasteiger partial charge on any atom is 0.426 e. The summed E-state index contributed by atoms with van der Waals surface area (Å²) in [4.78, 5) is 0. The van der Waals surface area contributed by atoms with E-state index >= 15 is 0 Å². The van der Waals surface area contributed by atoms with Crippen LogP contribution in [-0.2, 0) is 12.5 Å². The third-order valence-electron chi connectivity index (χ3n) is 5.75. The first-order chi connectivity index (χ1) is 18.2. The van der Waals surface area contributed by atoms with Gasteiger partial charge in [0.05, 0.1) is 5.56 Å². The Bertz CT molecular complexity index is 1390. The molecule has 0 aliphatic carbocycles. The van der Waals surface area contributed by atoms with Crippen molar-refractivity contribution in [1.29, 1.82) is 0 Å². The van der Waals surface area contributed by atoms with Crippen LogP contribution in [0.2, 0.25) is 0 Å². The van der Waals surface area contributed by atoms with E-state index < -0.39 is 40.9 Å². The average molecular weight is 528 g/mol. The maximum absolute atomic E-state index is 14.7. The Morgan fingerprint density at radius 2 is 1.18 bits per heavy atom. The van der Waals surface area contributed by atoms with E-state index in [9.17, 15) is 26.3 Å². The van der Waals surface area contributed by atoms with Gasteiger partial charge >= 0.3 is 12.2 Å². The molecule has 0 aromatic heterocycles. The molecule has 8 heteroatoms. The van der Waals surface area contributed by atoms with Gasteiger partial charge in [0.1, 0.15) is 5.75 Å². The van der Waals surface area contributed by atoms with Gasteiger partial charge in [-0.2, -0.15) is 17.6 Å². The SMILES string of the molecule is CCCc1ccc(-c2ccc(-c3ccc(C(F)(F)Oc4cc(F)c(OC=C(F)F)c(F)c4)cc3)cc2)cc1. The van der Waals surface area contributed by atoms with Crippen molar-refractivity contribution in [3.05, 3.63) is 120 Å². The second-order valence-corrected chi connectivity index (χ2v) is 8.46. The molecule has 4 aromatic carbocycles. The van der Waals surface area contributed by atoms with Gasteiger partial charge in [0.2, 0.25) is 0 Å². The predicted molar refractivity (Wildman–Crippen MR) is 133 cm³/mol. The Hall–Kier alpha value is -4.20.